The molecule has 0 spiro atoms. The second-order valence-electron chi connectivity index (χ2n) is 4.07. The van der Waals surface area contributed by atoms with E-state index < -0.39 is 5.60 Å². The first-order valence-corrected chi connectivity index (χ1v) is 6.92. The van der Waals surface area contributed by atoms with Crippen molar-refractivity contribution in [2.24, 2.45) is 0 Å². The van der Waals surface area contributed by atoms with Crippen molar-refractivity contribution >= 4 is 27.3 Å². The fourth-order valence-electron chi connectivity index (χ4n) is 2.37. The van der Waals surface area contributed by atoms with Gasteiger partial charge in [0.1, 0.15) is 11.4 Å². The van der Waals surface area contributed by atoms with Crippen LogP contribution in [0, 0.1) is 0 Å². The Bertz CT molecular complexity index is 517. The summed E-state index contributed by atoms with van der Waals surface area (Å²) in [5, 5.41) is 12.9. The number of thiophene rings is 1. The SMILES string of the molecule is OC1(c2sccc2Br)CCCc2occc21. The molecule has 84 valence electrons. The molecule has 0 saturated heterocycles. The monoisotopic (exact) mass is 298 g/mol. The van der Waals surface area contributed by atoms with Crippen LogP contribution in [0.4, 0.5) is 0 Å². The Hall–Kier alpha value is -0.580. The highest BCUT2D eigenvalue weighted by molar-refractivity contribution is 9.10. The first-order chi connectivity index (χ1) is 7.72. The van der Waals surface area contributed by atoms with Crippen molar-refractivity contribution in [3.63, 3.8) is 0 Å². The van der Waals surface area contributed by atoms with Crippen molar-refractivity contribution in [3.05, 3.63) is 44.4 Å². The van der Waals surface area contributed by atoms with Crippen LogP contribution in [0.5, 0.6) is 0 Å². The molecule has 2 nitrogen and oxygen atoms in total. The Morgan fingerprint density at radius 2 is 2.31 bits per heavy atom. The van der Waals surface area contributed by atoms with Crippen molar-refractivity contribution in [2.75, 3.05) is 0 Å². The number of hydrogen-bond donors (Lipinski definition) is 1. The molecule has 0 amide bonds. The van der Waals surface area contributed by atoms with Crippen molar-refractivity contribution in [2.45, 2.75) is 24.9 Å². The number of aryl methyl sites for hydroxylation is 1. The maximum absolute atomic E-state index is 10.9. The quantitative estimate of drug-likeness (QED) is 0.871. The van der Waals surface area contributed by atoms with Gasteiger partial charge in [0.15, 0.2) is 0 Å². The summed E-state index contributed by atoms with van der Waals surface area (Å²) >= 11 is 5.08. The molecule has 0 fully saturated rings. The lowest BCUT2D eigenvalue weighted by atomic mass is 9.82. The average Bonchev–Trinajstić information content (AvgIpc) is 2.86. The lowest BCUT2D eigenvalue weighted by molar-refractivity contribution is 0.0620. The van der Waals surface area contributed by atoms with Crippen LogP contribution in [0.25, 0.3) is 0 Å². The second kappa shape index (κ2) is 3.72. The van der Waals surface area contributed by atoms with Gasteiger partial charge in [-0.05, 0) is 46.3 Å². The van der Waals surface area contributed by atoms with Crippen LogP contribution in [0.15, 0.2) is 32.7 Å². The molecule has 0 saturated carbocycles. The Morgan fingerprint density at radius 3 is 3.06 bits per heavy atom. The van der Waals surface area contributed by atoms with E-state index >= 15 is 0 Å². The Morgan fingerprint density at radius 1 is 1.44 bits per heavy atom. The second-order valence-corrected chi connectivity index (χ2v) is 5.84. The van der Waals surface area contributed by atoms with Gasteiger partial charge in [0, 0.05) is 16.5 Å². The standard InChI is InChI=1S/C12H11BrO2S/c13-9-4-7-16-11(9)12(14)5-1-2-10-8(12)3-6-15-10/h3-4,6-7,14H,1-2,5H2. The minimum absolute atomic E-state index is 0.763. The number of halogens is 1. The molecule has 2 aromatic rings. The number of aliphatic hydroxyl groups is 1. The van der Waals surface area contributed by atoms with E-state index in [1.54, 1.807) is 17.6 Å². The maximum Gasteiger partial charge on any atom is 0.128 e. The highest BCUT2D eigenvalue weighted by atomic mass is 79.9. The van der Waals surface area contributed by atoms with Crippen molar-refractivity contribution in [3.8, 4) is 0 Å². The molecule has 0 radical (unpaired) electrons. The number of furan rings is 1. The largest absolute Gasteiger partial charge is 0.469 e. The molecule has 0 bridgehead atoms. The molecule has 1 N–H and O–H groups in total. The summed E-state index contributed by atoms with van der Waals surface area (Å²) in [5.41, 5.74) is 0.0648. The fraction of sp³-hybridized carbons (Fsp3) is 0.333. The van der Waals surface area contributed by atoms with E-state index in [2.05, 4.69) is 15.9 Å². The summed E-state index contributed by atoms with van der Waals surface area (Å²) in [6, 6.07) is 3.87. The molecule has 16 heavy (non-hydrogen) atoms. The van der Waals surface area contributed by atoms with Crippen molar-refractivity contribution in [1.29, 1.82) is 0 Å². The molecule has 1 atom stereocenters. The zero-order valence-electron chi connectivity index (χ0n) is 8.57. The lowest BCUT2D eigenvalue weighted by Gasteiger charge is -2.31. The van der Waals surface area contributed by atoms with E-state index in [1.807, 2.05) is 17.5 Å². The lowest BCUT2D eigenvalue weighted by Crippen LogP contribution is -2.30. The molecule has 0 aliphatic heterocycles. The first kappa shape index (κ1) is 10.6. The Balaban J connectivity index is 2.18. The van der Waals surface area contributed by atoms with Crippen LogP contribution < -0.4 is 0 Å². The van der Waals surface area contributed by atoms with Gasteiger partial charge in [0.05, 0.1) is 11.1 Å². The Labute approximate surface area is 106 Å². The molecule has 3 rings (SSSR count). The van der Waals surface area contributed by atoms with Crippen LogP contribution in [-0.2, 0) is 12.0 Å². The van der Waals surface area contributed by atoms with E-state index in [4.69, 9.17) is 4.42 Å². The molecule has 1 unspecified atom stereocenters. The summed E-state index contributed by atoms with van der Waals surface area (Å²) in [7, 11) is 0. The first-order valence-electron chi connectivity index (χ1n) is 5.24. The van der Waals surface area contributed by atoms with E-state index in [0.717, 1.165) is 39.9 Å². The third-order valence-electron chi connectivity index (χ3n) is 3.13. The minimum atomic E-state index is -0.867. The van der Waals surface area contributed by atoms with Crippen LogP contribution in [-0.4, -0.2) is 5.11 Å². The normalized spacial score (nSPS) is 24.4. The molecule has 1 aliphatic carbocycles. The molecule has 0 aromatic carbocycles. The van der Waals surface area contributed by atoms with E-state index in [1.165, 1.54) is 0 Å². The highest BCUT2D eigenvalue weighted by Crippen LogP contribution is 2.45. The Kier molecular flexibility index (Phi) is 2.46. The number of fused-ring (bicyclic) bond motifs is 1. The summed E-state index contributed by atoms with van der Waals surface area (Å²) in [4.78, 5) is 0.981. The zero-order chi connectivity index (χ0) is 11.2. The summed E-state index contributed by atoms with van der Waals surface area (Å²) in [6.07, 6.45) is 4.32. The average molecular weight is 299 g/mol. The number of rotatable bonds is 1. The van der Waals surface area contributed by atoms with Gasteiger partial charge in [0.25, 0.3) is 0 Å². The van der Waals surface area contributed by atoms with E-state index in [9.17, 15) is 5.11 Å². The molecular formula is C12H11BrO2S. The number of hydrogen-bond acceptors (Lipinski definition) is 3. The molecule has 2 heterocycles. The van der Waals surface area contributed by atoms with E-state index in [0.29, 0.717) is 0 Å². The topological polar surface area (TPSA) is 33.4 Å². The van der Waals surface area contributed by atoms with Crippen LogP contribution >= 0.6 is 27.3 Å². The molecule has 4 heteroatoms. The zero-order valence-corrected chi connectivity index (χ0v) is 11.0. The fourth-order valence-corrected chi connectivity index (χ4v) is 4.21. The van der Waals surface area contributed by atoms with Gasteiger partial charge >= 0.3 is 0 Å². The third kappa shape index (κ3) is 1.40. The van der Waals surface area contributed by atoms with Crippen LogP contribution in [0.3, 0.4) is 0 Å². The van der Waals surface area contributed by atoms with Crippen molar-refractivity contribution < 1.29 is 9.52 Å². The van der Waals surface area contributed by atoms with Gasteiger partial charge in [-0.2, -0.15) is 0 Å². The maximum atomic E-state index is 10.9. The van der Waals surface area contributed by atoms with Gasteiger partial charge in [-0.1, -0.05) is 0 Å². The van der Waals surface area contributed by atoms with Crippen LogP contribution in [0.2, 0.25) is 0 Å². The van der Waals surface area contributed by atoms with Gasteiger partial charge in [-0.3, -0.25) is 0 Å². The van der Waals surface area contributed by atoms with Gasteiger partial charge in [-0.25, -0.2) is 0 Å². The van der Waals surface area contributed by atoms with Crippen LogP contribution in [0.1, 0.15) is 29.0 Å². The molecular weight excluding hydrogens is 288 g/mol. The summed E-state index contributed by atoms with van der Waals surface area (Å²) in [6.45, 7) is 0. The highest BCUT2D eigenvalue weighted by Gasteiger charge is 2.40. The van der Waals surface area contributed by atoms with Gasteiger partial charge in [-0.15, -0.1) is 11.3 Å². The summed E-state index contributed by atoms with van der Waals surface area (Å²) in [5.74, 6) is 0.925. The molecule has 1 aliphatic rings. The van der Waals surface area contributed by atoms with E-state index in [-0.39, 0.29) is 0 Å². The third-order valence-corrected chi connectivity index (χ3v) is 5.11. The van der Waals surface area contributed by atoms with Crippen molar-refractivity contribution in [1.82, 2.24) is 0 Å². The van der Waals surface area contributed by atoms with Gasteiger partial charge in [0.2, 0.25) is 0 Å². The minimum Gasteiger partial charge on any atom is -0.469 e. The van der Waals surface area contributed by atoms with Gasteiger partial charge < -0.3 is 9.52 Å². The summed E-state index contributed by atoms with van der Waals surface area (Å²) < 4.78 is 6.40. The smallest absolute Gasteiger partial charge is 0.128 e. The predicted octanol–water partition coefficient (Wildman–Crippen LogP) is 3.68. The molecule has 2 aromatic heterocycles. The predicted molar refractivity (Wildman–Crippen MR) is 66.7 cm³/mol.